The third kappa shape index (κ3) is 4.60. The first-order chi connectivity index (χ1) is 9.29. The summed E-state index contributed by atoms with van der Waals surface area (Å²) in [7, 11) is 0. The summed E-state index contributed by atoms with van der Waals surface area (Å²) >= 11 is 5.18. The summed E-state index contributed by atoms with van der Waals surface area (Å²) in [6, 6.07) is 6.07. The van der Waals surface area contributed by atoms with Gasteiger partial charge in [0.2, 0.25) is 0 Å². The molecule has 2 aromatic rings. The maximum Gasteiger partial charge on any atom is 0.140 e. The maximum absolute atomic E-state index is 5.75. The molecular formula is C14H17BrN2OS. The lowest BCUT2D eigenvalue weighted by Gasteiger charge is -2.09. The van der Waals surface area contributed by atoms with Crippen LogP contribution in [-0.2, 0) is 13.2 Å². The van der Waals surface area contributed by atoms with Crippen molar-refractivity contribution in [2.45, 2.75) is 26.5 Å². The van der Waals surface area contributed by atoms with Gasteiger partial charge in [0.25, 0.3) is 0 Å². The quantitative estimate of drug-likeness (QED) is 0.774. The second kappa shape index (κ2) is 7.62. The summed E-state index contributed by atoms with van der Waals surface area (Å²) in [5.74, 6) is 0.881. The van der Waals surface area contributed by atoms with Crippen molar-refractivity contribution in [2.75, 3.05) is 6.54 Å². The molecule has 0 amide bonds. The predicted octanol–water partition coefficient (Wildman–Crippen LogP) is 3.98. The Kier molecular flexibility index (Phi) is 5.82. The molecule has 1 heterocycles. The summed E-state index contributed by atoms with van der Waals surface area (Å²) in [6.45, 7) is 4.57. The Bertz CT molecular complexity index is 502. The van der Waals surface area contributed by atoms with Crippen LogP contribution >= 0.6 is 27.3 Å². The van der Waals surface area contributed by atoms with Gasteiger partial charge in [0.05, 0.1) is 0 Å². The molecule has 2 rings (SSSR count). The molecular weight excluding hydrogens is 324 g/mol. The Morgan fingerprint density at radius 3 is 3.05 bits per heavy atom. The van der Waals surface area contributed by atoms with E-state index in [1.54, 1.807) is 17.5 Å². The van der Waals surface area contributed by atoms with Gasteiger partial charge >= 0.3 is 0 Å². The van der Waals surface area contributed by atoms with Crippen molar-refractivity contribution in [3.63, 3.8) is 0 Å². The molecule has 0 unspecified atom stereocenters. The molecule has 0 saturated heterocycles. The Balaban J connectivity index is 1.95. The van der Waals surface area contributed by atoms with Gasteiger partial charge in [-0.1, -0.05) is 22.9 Å². The predicted molar refractivity (Wildman–Crippen MR) is 82.6 cm³/mol. The van der Waals surface area contributed by atoms with Crippen molar-refractivity contribution >= 4 is 27.3 Å². The van der Waals surface area contributed by atoms with Crippen molar-refractivity contribution < 1.29 is 4.74 Å². The number of hydrogen-bond acceptors (Lipinski definition) is 4. The number of halogens is 1. The van der Waals surface area contributed by atoms with E-state index in [0.717, 1.165) is 34.7 Å². The van der Waals surface area contributed by atoms with Gasteiger partial charge in [-0.15, -0.1) is 11.3 Å². The molecule has 3 nitrogen and oxygen atoms in total. The number of nitrogens with zero attached hydrogens (tertiary/aromatic N) is 1. The number of ether oxygens (including phenoxy) is 1. The first kappa shape index (κ1) is 14.5. The molecule has 0 spiro atoms. The van der Waals surface area contributed by atoms with Crippen molar-refractivity contribution in [1.82, 2.24) is 10.3 Å². The van der Waals surface area contributed by atoms with Gasteiger partial charge in [-0.3, -0.25) is 0 Å². The monoisotopic (exact) mass is 340 g/mol. The maximum atomic E-state index is 5.75. The molecule has 0 aliphatic rings. The average molecular weight is 341 g/mol. The van der Waals surface area contributed by atoms with Gasteiger partial charge in [-0.2, -0.15) is 0 Å². The first-order valence-corrected chi connectivity index (χ1v) is 7.97. The van der Waals surface area contributed by atoms with Crippen LogP contribution in [0.5, 0.6) is 5.75 Å². The molecule has 0 fully saturated rings. The molecule has 0 saturated carbocycles. The molecule has 0 aliphatic carbocycles. The second-order valence-electron chi connectivity index (χ2n) is 4.14. The van der Waals surface area contributed by atoms with Crippen LogP contribution in [0.25, 0.3) is 0 Å². The SMILES string of the molecule is CCCNCc1cc(OCc2nccs2)ccc1Br. The van der Waals surface area contributed by atoms with Crippen LogP contribution in [0.4, 0.5) is 0 Å². The molecule has 0 atom stereocenters. The lowest BCUT2D eigenvalue weighted by atomic mass is 10.2. The van der Waals surface area contributed by atoms with Gasteiger partial charge in [-0.25, -0.2) is 4.98 Å². The molecule has 5 heteroatoms. The lowest BCUT2D eigenvalue weighted by Crippen LogP contribution is -2.14. The van der Waals surface area contributed by atoms with Crippen LogP contribution in [0.1, 0.15) is 23.9 Å². The van der Waals surface area contributed by atoms with Crippen LogP contribution in [0, 0.1) is 0 Å². The number of nitrogens with one attached hydrogen (secondary N) is 1. The van der Waals surface area contributed by atoms with Crippen LogP contribution in [0.15, 0.2) is 34.2 Å². The fraction of sp³-hybridized carbons (Fsp3) is 0.357. The fourth-order valence-electron chi connectivity index (χ4n) is 1.65. The Labute approximate surface area is 126 Å². The Morgan fingerprint density at radius 1 is 1.42 bits per heavy atom. The summed E-state index contributed by atoms with van der Waals surface area (Å²) in [4.78, 5) is 4.20. The van der Waals surface area contributed by atoms with Gasteiger partial charge in [0.1, 0.15) is 17.4 Å². The number of benzene rings is 1. The van der Waals surface area contributed by atoms with E-state index in [1.807, 2.05) is 17.5 Å². The van der Waals surface area contributed by atoms with E-state index in [9.17, 15) is 0 Å². The average Bonchev–Trinajstić information content (AvgIpc) is 2.93. The van der Waals surface area contributed by atoms with Crippen molar-refractivity contribution in [3.05, 3.63) is 44.8 Å². The molecule has 1 N–H and O–H groups in total. The minimum absolute atomic E-state index is 0.529. The smallest absolute Gasteiger partial charge is 0.140 e. The topological polar surface area (TPSA) is 34.1 Å². The number of thiazole rings is 1. The van der Waals surface area contributed by atoms with E-state index in [1.165, 1.54) is 5.56 Å². The Hall–Kier alpha value is -0.910. The lowest BCUT2D eigenvalue weighted by molar-refractivity contribution is 0.305. The second-order valence-corrected chi connectivity index (χ2v) is 5.98. The van der Waals surface area contributed by atoms with Crippen LogP contribution in [0.3, 0.4) is 0 Å². The largest absolute Gasteiger partial charge is 0.486 e. The van der Waals surface area contributed by atoms with Crippen LogP contribution < -0.4 is 10.1 Å². The molecule has 0 bridgehead atoms. The van der Waals surface area contributed by atoms with E-state index in [4.69, 9.17) is 4.74 Å². The zero-order valence-corrected chi connectivity index (χ0v) is 13.3. The summed E-state index contributed by atoms with van der Waals surface area (Å²) in [5.41, 5.74) is 1.21. The summed E-state index contributed by atoms with van der Waals surface area (Å²) in [5, 5.41) is 6.35. The van der Waals surface area contributed by atoms with Crippen molar-refractivity contribution in [3.8, 4) is 5.75 Å². The van der Waals surface area contributed by atoms with Gasteiger partial charge in [0, 0.05) is 22.6 Å². The summed E-state index contributed by atoms with van der Waals surface area (Å²) in [6.07, 6.45) is 2.93. The third-order valence-electron chi connectivity index (χ3n) is 2.61. The minimum Gasteiger partial charge on any atom is -0.486 e. The summed E-state index contributed by atoms with van der Waals surface area (Å²) < 4.78 is 6.86. The highest BCUT2D eigenvalue weighted by Crippen LogP contribution is 2.23. The Morgan fingerprint density at radius 2 is 2.32 bits per heavy atom. The highest BCUT2D eigenvalue weighted by molar-refractivity contribution is 9.10. The normalized spacial score (nSPS) is 10.6. The highest BCUT2D eigenvalue weighted by Gasteiger charge is 2.03. The van der Waals surface area contributed by atoms with E-state index in [0.29, 0.717) is 6.61 Å². The zero-order valence-electron chi connectivity index (χ0n) is 10.9. The molecule has 1 aromatic heterocycles. The zero-order chi connectivity index (χ0) is 13.5. The van der Waals surface area contributed by atoms with Crippen molar-refractivity contribution in [2.24, 2.45) is 0 Å². The van der Waals surface area contributed by atoms with Crippen LogP contribution in [0.2, 0.25) is 0 Å². The molecule has 19 heavy (non-hydrogen) atoms. The number of hydrogen-bond donors (Lipinski definition) is 1. The number of rotatable bonds is 7. The van der Waals surface area contributed by atoms with E-state index in [2.05, 4.69) is 39.2 Å². The van der Waals surface area contributed by atoms with Crippen LogP contribution in [-0.4, -0.2) is 11.5 Å². The minimum atomic E-state index is 0.529. The standard InChI is InChI=1S/C14H17BrN2OS/c1-2-5-16-9-11-8-12(3-4-13(11)15)18-10-14-17-6-7-19-14/h3-4,6-8,16H,2,5,9-10H2,1H3. The molecule has 0 radical (unpaired) electrons. The molecule has 1 aromatic carbocycles. The van der Waals surface area contributed by atoms with Gasteiger partial charge < -0.3 is 10.1 Å². The van der Waals surface area contributed by atoms with E-state index < -0.39 is 0 Å². The third-order valence-corrected chi connectivity index (χ3v) is 4.13. The fourth-order valence-corrected chi connectivity index (χ4v) is 2.56. The van der Waals surface area contributed by atoms with E-state index >= 15 is 0 Å². The highest BCUT2D eigenvalue weighted by atomic mass is 79.9. The van der Waals surface area contributed by atoms with Crippen molar-refractivity contribution in [1.29, 1.82) is 0 Å². The van der Waals surface area contributed by atoms with Gasteiger partial charge in [-0.05, 0) is 36.7 Å². The molecule has 102 valence electrons. The van der Waals surface area contributed by atoms with E-state index in [-0.39, 0.29) is 0 Å². The van der Waals surface area contributed by atoms with Gasteiger partial charge in [0.15, 0.2) is 0 Å². The first-order valence-electron chi connectivity index (χ1n) is 6.30. The molecule has 0 aliphatic heterocycles. The number of aromatic nitrogens is 1.